The average molecular weight is 320 g/mol. The van der Waals surface area contributed by atoms with E-state index in [1.807, 2.05) is 5.92 Å². The largest absolute Gasteiger partial charge is 0.496 e. The summed E-state index contributed by atoms with van der Waals surface area (Å²) in [7, 11) is 1.25. The quantitative estimate of drug-likeness (QED) is 0.853. The van der Waals surface area contributed by atoms with Gasteiger partial charge >= 0.3 is 6.18 Å². The maximum absolute atomic E-state index is 13.5. The van der Waals surface area contributed by atoms with Gasteiger partial charge in [0, 0.05) is 11.1 Å². The van der Waals surface area contributed by atoms with E-state index < -0.39 is 17.3 Å². The Bertz CT molecular complexity index is 742. The standard InChI is InChI=1S/C18H15F3O2/c1-13-8-9-16(23-2)15(12-13)17(22,18(19,20)21)11-10-14-6-4-3-5-7-14/h3-9,12,22H,1-2H3. The van der Waals surface area contributed by atoms with Gasteiger partial charge in [-0.15, -0.1) is 0 Å². The Morgan fingerprint density at radius 3 is 2.26 bits per heavy atom. The third-order valence-electron chi connectivity index (χ3n) is 3.32. The zero-order chi connectivity index (χ0) is 17.1. The van der Waals surface area contributed by atoms with Crippen LogP contribution in [0.15, 0.2) is 48.5 Å². The van der Waals surface area contributed by atoms with E-state index in [-0.39, 0.29) is 5.75 Å². The Morgan fingerprint density at radius 1 is 1.04 bits per heavy atom. The van der Waals surface area contributed by atoms with Crippen LogP contribution in [-0.4, -0.2) is 18.4 Å². The monoisotopic (exact) mass is 320 g/mol. The minimum absolute atomic E-state index is 0.0715. The van der Waals surface area contributed by atoms with Crippen molar-refractivity contribution in [2.24, 2.45) is 0 Å². The van der Waals surface area contributed by atoms with E-state index in [0.717, 1.165) is 0 Å². The molecule has 0 radical (unpaired) electrons. The van der Waals surface area contributed by atoms with E-state index in [1.54, 1.807) is 43.3 Å². The van der Waals surface area contributed by atoms with Crippen LogP contribution in [0.4, 0.5) is 13.2 Å². The molecule has 1 atom stereocenters. The molecule has 0 amide bonds. The second-order valence-corrected chi connectivity index (χ2v) is 5.03. The molecular formula is C18H15F3O2. The number of aliphatic hydroxyl groups is 1. The van der Waals surface area contributed by atoms with Crippen molar-refractivity contribution in [2.75, 3.05) is 7.11 Å². The summed E-state index contributed by atoms with van der Waals surface area (Å²) in [4.78, 5) is 0. The van der Waals surface area contributed by atoms with Crippen LogP contribution in [0.3, 0.4) is 0 Å². The van der Waals surface area contributed by atoms with Crippen molar-refractivity contribution < 1.29 is 23.0 Å². The van der Waals surface area contributed by atoms with Crippen LogP contribution in [0.5, 0.6) is 5.75 Å². The van der Waals surface area contributed by atoms with Crippen molar-refractivity contribution in [3.8, 4) is 17.6 Å². The molecule has 0 aliphatic carbocycles. The minimum atomic E-state index is -4.98. The summed E-state index contributed by atoms with van der Waals surface area (Å²) in [6.07, 6.45) is -4.98. The molecule has 120 valence electrons. The molecule has 2 nitrogen and oxygen atoms in total. The summed E-state index contributed by atoms with van der Waals surface area (Å²) in [5, 5.41) is 10.3. The van der Waals surface area contributed by atoms with Gasteiger partial charge in [0.15, 0.2) is 0 Å². The van der Waals surface area contributed by atoms with Gasteiger partial charge in [0.25, 0.3) is 5.60 Å². The fraction of sp³-hybridized carbons (Fsp3) is 0.222. The van der Waals surface area contributed by atoms with Crippen LogP contribution < -0.4 is 4.74 Å². The summed E-state index contributed by atoms with van der Waals surface area (Å²) in [5.41, 5.74) is -2.80. The predicted octanol–water partition coefficient (Wildman–Crippen LogP) is 3.81. The minimum Gasteiger partial charge on any atom is -0.496 e. The lowest BCUT2D eigenvalue weighted by atomic mass is 9.91. The molecule has 0 fully saturated rings. The summed E-state index contributed by atoms with van der Waals surface area (Å²) >= 11 is 0. The number of halogens is 3. The molecule has 0 saturated heterocycles. The lowest BCUT2D eigenvalue weighted by molar-refractivity contribution is -0.241. The van der Waals surface area contributed by atoms with Gasteiger partial charge in [0.1, 0.15) is 5.75 Å². The smallest absolute Gasteiger partial charge is 0.433 e. The Balaban J connectivity index is 2.63. The van der Waals surface area contributed by atoms with Crippen LogP contribution in [0.2, 0.25) is 0 Å². The molecule has 2 aromatic rings. The van der Waals surface area contributed by atoms with E-state index in [0.29, 0.717) is 11.1 Å². The fourth-order valence-electron chi connectivity index (χ4n) is 2.08. The van der Waals surface area contributed by atoms with Gasteiger partial charge in [0.2, 0.25) is 0 Å². The normalized spacial score (nSPS) is 13.7. The molecular weight excluding hydrogens is 305 g/mol. The molecule has 0 heterocycles. The van der Waals surface area contributed by atoms with E-state index in [4.69, 9.17) is 4.74 Å². The maximum atomic E-state index is 13.5. The summed E-state index contributed by atoms with van der Waals surface area (Å²) in [6, 6.07) is 12.4. The Morgan fingerprint density at radius 2 is 1.70 bits per heavy atom. The van der Waals surface area contributed by atoms with Crippen LogP contribution >= 0.6 is 0 Å². The average Bonchev–Trinajstić information content (AvgIpc) is 2.52. The molecule has 23 heavy (non-hydrogen) atoms. The first-order chi connectivity index (χ1) is 10.8. The fourth-order valence-corrected chi connectivity index (χ4v) is 2.08. The van der Waals surface area contributed by atoms with Gasteiger partial charge < -0.3 is 9.84 Å². The van der Waals surface area contributed by atoms with Crippen molar-refractivity contribution in [2.45, 2.75) is 18.7 Å². The second-order valence-electron chi connectivity index (χ2n) is 5.03. The molecule has 1 unspecified atom stereocenters. The van der Waals surface area contributed by atoms with Crippen LogP contribution in [-0.2, 0) is 5.60 Å². The summed E-state index contributed by atoms with van der Waals surface area (Å²) in [5.74, 6) is 4.29. The molecule has 1 N–H and O–H groups in total. The van der Waals surface area contributed by atoms with Crippen molar-refractivity contribution in [3.63, 3.8) is 0 Å². The zero-order valence-electron chi connectivity index (χ0n) is 12.6. The topological polar surface area (TPSA) is 29.5 Å². The number of alkyl halides is 3. The molecule has 0 aliphatic heterocycles. The van der Waals surface area contributed by atoms with Crippen LogP contribution in [0.25, 0.3) is 0 Å². The van der Waals surface area contributed by atoms with Gasteiger partial charge in [-0.1, -0.05) is 35.7 Å². The number of hydrogen-bond donors (Lipinski definition) is 1. The van der Waals surface area contributed by atoms with Crippen molar-refractivity contribution in [3.05, 3.63) is 65.2 Å². The number of methoxy groups -OCH3 is 1. The van der Waals surface area contributed by atoms with E-state index >= 15 is 0 Å². The van der Waals surface area contributed by atoms with E-state index in [9.17, 15) is 18.3 Å². The Labute approximate surface area is 132 Å². The predicted molar refractivity (Wildman–Crippen MR) is 81.0 cm³/mol. The number of ether oxygens (including phenoxy) is 1. The summed E-state index contributed by atoms with van der Waals surface area (Å²) in [6.45, 7) is 1.63. The van der Waals surface area contributed by atoms with E-state index in [1.165, 1.54) is 19.2 Å². The highest BCUT2D eigenvalue weighted by Crippen LogP contribution is 2.42. The first kappa shape index (κ1) is 16.9. The third kappa shape index (κ3) is 3.49. The summed E-state index contributed by atoms with van der Waals surface area (Å²) < 4.78 is 45.6. The highest BCUT2D eigenvalue weighted by molar-refractivity contribution is 5.48. The van der Waals surface area contributed by atoms with Crippen molar-refractivity contribution in [1.82, 2.24) is 0 Å². The molecule has 0 aromatic heterocycles. The molecule has 0 spiro atoms. The highest BCUT2D eigenvalue weighted by Gasteiger charge is 2.55. The number of benzene rings is 2. The highest BCUT2D eigenvalue weighted by atomic mass is 19.4. The maximum Gasteiger partial charge on any atom is 0.433 e. The molecule has 2 aromatic carbocycles. The third-order valence-corrected chi connectivity index (χ3v) is 3.32. The number of aryl methyl sites for hydroxylation is 1. The Hall–Kier alpha value is -2.45. The molecule has 2 rings (SSSR count). The Kier molecular flexibility index (Phi) is 4.67. The van der Waals surface area contributed by atoms with Gasteiger partial charge in [-0.25, -0.2) is 0 Å². The molecule has 5 heteroatoms. The van der Waals surface area contributed by atoms with Crippen LogP contribution in [0.1, 0.15) is 16.7 Å². The van der Waals surface area contributed by atoms with Crippen molar-refractivity contribution in [1.29, 1.82) is 0 Å². The van der Waals surface area contributed by atoms with E-state index in [2.05, 4.69) is 5.92 Å². The van der Waals surface area contributed by atoms with Gasteiger partial charge in [-0.3, -0.25) is 0 Å². The molecule has 0 bridgehead atoms. The molecule has 0 saturated carbocycles. The SMILES string of the molecule is COc1ccc(C)cc1C(O)(C#Cc1ccccc1)C(F)(F)F. The number of rotatable bonds is 2. The first-order valence-corrected chi connectivity index (χ1v) is 6.80. The van der Waals surface area contributed by atoms with Crippen LogP contribution in [0, 0.1) is 18.8 Å². The van der Waals surface area contributed by atoms with Gasteiger partial charge in [0.05, 0.1) is 7.11 Å². The van der Waals surface area contributed by atoms with Crippen molar-refractivity contribution >= 4 is 0 Å². The van der Waals surface area contributed by atoms with Gasteiger partial charge in [-0.05, 0) is 37.1 Å². The molecule has 0 aliphatic rings. The first-order valence-electron chi connectivity index (χ1n) is 6.80. The lowest BCUT2D eigenvalue weighted by Crippen LogP contribution is -2.41. The van der Waals surface area contributed by atoms with Gasteiger partial charge in [-0.2, -0.15) is 13.2 Å². The number of hydrogen-bond acceptors (Lipinski definition) is 2. The zero-order valence-corrected chi connectivity index (χ0v) is 12.6. The second kappa shape index (κ2) is 6.35. The lowest BCUT2D eigenvalue weighted by Gasteiger charge is -2.27.